The molecule has 0 saturated heterocycles. The van der Waals surface area contributed by atoms with Gasteiger partial charge in [0, 0.05) is 49.0 Å². The Hall–Kier alpha value is -1.62. The van der Waals surface area contributed by atoms with Crippen LogP contribution in [0, 0.1) is 6.92 Å². The number of rotatable bonds is 5. The first-order valence-electron chi connectivity index (χ1n) is 8.38. The minimum Gasteiger partial charge on any atom is -0.331 e. The van der Waals surface area contributed by atoms with E-state index in [2.05, 4.69) is 52.3 Å². The van der Waals surface area contributed by atoms with Gasteiger partial charge in [0.05, 0.1) is 11.9 Å². The average Bonchev–Trinajstić information content (AvgIpc) is 3.08. The van der Waals surface area contributed by atoms with Crippen LogP contribution >= 0.6 is 0 Å². The summed E-state index contributed by atoms with van der Waals surface area (Å²) in [6.45, 7) is 10.7. The molecule has 1 N–H and O–H groups in total. The van der Waals surface area contributed by atoms with Crippen molar-refractivity contribution in [2.24, 2.45) is 0 Å². The van der Waals surface area contributed by atoms with Gasteiger partial charge >= 0.3 is 0 Å². The second-order valence-corrected chi connectivity index (χ2v) is 6.60. The zero-order chi connectivity index (χ0) is 15.7. The molecule has 3 rings (SSSR count). The van der Waals surface area contributed by atoms with Crippen molar-refractivity contribution in [1.82, 2.24) is 24.6 Å². The zero-order valence-electron chi connectivity index (χ0n) is 14.1. The Kier molecular flexibility index (Phi) is 4.34. The first-order chi connectivity index (χ1) is 10.6. The second kappa shape index (κ2) is 6.24. The summed E-state index contributed by atoms with van der Waals surface area (Å²) in [5, 5.41) is 8.14. The van der Waals surface area contributed by atoms with E-state index >= 15 is 0 Å². The maximum Gasteiger partial charge on any atom is 0.108 e. The van der Waals surface area contributed by atoms with Gasteiger partial charge in [0.25, 0.3) is 0 Å². The minimum atomic E-state index is 0.294. The van der Waals surface area contributed by atoms with Crippen molar-refractivity contribution in [3.63, 3.8) is 0 Å². The molecule has 0 saturated carbocycles. The lowest BCUT2D eigenvalue weighted by Crippen LogP contribution is -2.22. The monoisotopic (exact) mass is 301 g/mol. The smallest absolute Gasteiger partial charge is 0.108 e. The predicted octanol–water partition coefficient (Wildman–Crippen LogP) is 3.16. The third-order valence-electron chi connectivity index (χ3n) is 4.68. The van der Waals surface area contributed by atoms with Crippen molar-refractivity contribution in [3.8, 4) is 0 Å². The Labute approximate surface area is 132 Å². The third kappa shape index (κ3) is 2.82. The fourth-order valence-corrected chi connectivity index (χ4v) is 3.37. The summed E-state index contributed by atoms with van der Waals surface area (Å²) in [7, 11) is 0. The number of nitrogens with one attached hydrogen (secondary N) is 1. The molecule has 0 fully saturated rings. The van der Waals surface area contributed by atoms with Crippen LogP contribution in [0.3, 0.4) is 0 Å². The van der Waals surface area contributed by atoms with Crippen molar-refractivity contribution < 1.29 is 0 Å². The summed E-state index contributed by atoms with van der Waals surface area (Å²) in [5.74, 6) is 1.25. The average molecular weight is 301 g/mol. The van der Waals surface area contributed by atoms with E-state index in [1.165, 1.54) is 35.6 Å². The van der Waals surface area contributed by atoms with Gasteiger partial charge < -0.3 is 9.88 Å². The van der Waals surface area contributed by atoms with Gasteiger partial charge in [0.1, 0.15) is 5.82 Å². The van der Waals surface area contributed by atoms with Crippen LogP contribution in [-0.4, -0.2) is 19.3 Å². The SMILES string of the molecule is Cc1c(C(C)NCc2cnc3n2CCCC3)cnn1C(C)C. The molecule has 22 heavy (non-hydrogen) atoms. The molecule has 0 aromatic carbocycles. The lowest BCUT2D eigenvalue weighted by atomic mass is 10.1. The van der Waals surface area contributed by atoms with Crippen LogP contribution in [0.15, 0.2) is 12.4 Å². The highest BCUT2D eigenvalue weighted by atomic mass is 15.3. The van der Waals surface area contributed by atoms with E-state index in [1.807, 2.05) is 12.4 Å². The van der Waals surface area contributed by atoms with Crippen LogP contribution in [0.4, 0.5) is 0 Å². The van der Waals surface area contributed by atoms with E-state index in [-0.39, 0.29) is 0 Å². The Morgan fingerprint density at radius 3 is 2.77 bits per heavy atom. The molecular formula is C17H27N5. The fourth-order valence-electron chi connectivity index (χ4n) is 3.37. The highest BCUT2D eigenvalue weighted by Gasteiger charge is 2.17. The normalized spacial score (nSPS) is 16.0. The highest BCUT2D eigenvalue weighted by molar-refractivity contribution is 5.20. The van der Waals surface area contributed by atoms with Gasteiger partial charge in [-0.15, -0.1) is 0 Å². The molecular weight excluding hydrogens is 274 g/mol. The summed E-state index contributed by atoms with van der Waals surface area (Å²) in [6, 6.07) is 0.699. The van der Waals surface area contributed by atoms with E-state index in [0.717, 1.165) is 19.5 Å². The van der Waals surface area contributed by atoms with Crippen molar-refractivity contribution >= 4 is 0 Å². The number of imidazole rings is 1. The van der Waals surface area contributed by atoms with Gasteiger partial charge in [-0.25, -0.2) is 4.98 Å². The van der Waals surface area contributed by atoms with Gasteiger partial charge in [0.15, 0.2) is 0 Å². The maximum absolute atomic E-state index is 4.56. The predicted molar refractivity (Wildman–Crippen MR) is 87.8 cm³/mol. The van der Waals surface area contributed by atoms with Gasteiger partial charge in [0.2, 0.25) is 0 Å². The van der Waals surface area contributed by atoms with Crippen molar-refractivity contribution in [3.05, 3.63) is 35.2 Å². The van der Waals surface area contributed by atoms with Crippen LogP contribution < -0.4 is 5.32 Å². The minimum absolute atomic E-state index is 0.294. The number of fused-ring (bicyclic) bond motifs is 1. The Bertz CT molecular complexity index is 638. The summed E-state index contributed by atoms with van der Waals surface area (Å²) in [5.41, 5.74) is 3.84. The first-order valence-corrected chi connectivity index (χ1v) is 8.38. The van der Waals surface area contributed by atoms with E-state index < -0.39 is 0 Å². The Morgan fingerprint density at radius 1 is 1.23 bits per heavy atom. The maximum atomic E-state index is 4.56. The lowest BCUT2D eigenvalue weighted by molar-refractivity contribution is 0.484. The number of hydrogen-bond acceptors (Lipinski definition) is 3. The molecule has 0 amide bonds. The van der Waals surface area contributed by atoms with E-state index in [1.54, 1.807) is 0 Å². The van der Waals surface area contributed by atoms with Crippen LogP contribution in [0.5, 0.6) is 0 Å². The van der Waals surface area contributed by atoms with Crippen molar-refractivity contribution in [2.75, 3.05) is 0 Å². The van der Waals surface area contributed by atoms with E-state index in [9.17, 15) is 0 Å². The number of hydrogen-bond donors (Lipinski definition) is 1. The molecule has 5 nitrogen and oxygen atoms in total. The van der Waals surface area contributed by atoms with Gasteiger partial charge in [-0.05, 0) is 40.5 Å². The quantitative estimate of drug-likeness (QED) is 0.923. The number of aromatic nitrogens is 4. The Morgan fingerprint density at radius 2 is 2.05 bits per heavy atom. The van der Waals surface area contributed by atoms with Crippen LogP contribution in [0.2, 0.25) is 0 Å². The molecule has 0 radical (unpaired) electrons. The van der Waals surface area contributed by atoms with Crippen LogP contribution in [-0.2, 0) is 19.5 Å². The first kappa shape index (κ1) is 15.3. The van der Waals surface area contributed by atoms with E-state index in [4.69, 9.17) is 0 Å². The fraction of sp³-hybridized carbons (Fsp3) is 0.647. The highest BCUT2D eigenvalue weighted by Crippen LogP contribution is 2.21. The molecule has 1 aliphatic rings. The molecule has 1 unspecified atom stereocenters. The van der Waals surface area contributed by atoms with Gasteiger partial charge in [-0.2, -0.15) is 5.10 Å². The van der Waals surface area contributed by atoms with Crippen molar-refractivity contribution in [1.29, 1.82) is 0 Å². The largest absolute Gasteiger partial charge is 0.331 e. The molecule has 2 aromatic heterocycles. The van der Waals surface area contributed by atoms with Crippen LogP contribution in [0.25, 0.3) is 0 Å². The summed E-state index contributed by atoms with van der Waals surface area (Å²) in [4.78, 5) is 4.56. The standard InChI is InChI=1S/C17H27N5/c1-12(2)22-14(4)16(11-20-22)13(3)18-9-15-10-19-17-7-5-6-8-21(15)17/h10-13,18H,5-9H2,1-4H3. The molecule has 1 aliphatic heterocycles. The molecule has 3 heterocycles. The molecule has 0 aliphatic carbocycles. The molecule has 120 valence electrons. The summed E-state index contributed by atoms with van der Waals surface area (Å²) < 4.78 is 4.47. The van der Waals surface area contributed by atoms with Crippen molar-refractivity contribution in [2.45, 2.75) is 72.1 Å². The Balaban J connectivity index is 1.68. The molecule has 2 aromatic rings. The van der Waals surface area contributed by atoms with E-state index in [0.29, 0.717) is 12.1 Å². The lowest BCUT2D eigenvalue weighted by Gasteiger charge is -2.19. The number of aryl methyl sites for hydroxylation is 1. The molecule has 0 spiro atoms. The topological polar surface area (TPSA) is 47.7 Å². The van der Waals surface area contributed by atoms with Crippen LogP contribution in [0.1, 0.15) is 68.5 Å². The number of nitrogens with zero attached hydrogens (tertiary/aromatic N) is 4. The van der Waals surface area contributed by atoms with Gasteiger partial charge in [-0.1, -0.05) is 0 Å². The second-order valence-electron chi connectivity index (χ2n) is 6.60. The third-order valence-corrected chi connectivity index (χ3v) is 4.68. The summed E-state index contributed by atoms with van der Waals surface area (Å²) >= 11 is 0. The molecule has 0 bridgehead atoms. The van der Waals surface area contributed by atoms with Gasteiger partial charge in [-0.3, -0.25) is 4.68 Å². The molecule has 5 heteroatoms. The molecule has 1 atom stereocenters. The zero-order valence-corrected chi connectivity index (χ0v) is 14.1. The summed E-state index contributed by atoms with van der Waals surface area (Å²) in [6.07, 6.45) is 7.69.